The van der Waals surface area contributed by atoms with Gasteiger partial charge in [-0.25, -0.2) is 4.98 Å². The zero-order chi connectivity index (χ0) is 12.3. The summed E-state index contributed by atoms with van der Waals surface area (Å²) in [5.74, 6) is 0.843. The Balaban J connectivity index is 2.33. The van der Waals surface area contributed by atoms with Gasteiger partial charge in [-0.15, -0.1) is 11.3 Å². The van der Waals surface area contributed by atoms with Gasteiger partial charge in [0.1, 0.15) is 10.8 Å². The van der Waals surface area contributed by atoms with E-state index in [1.54, 1.807) is 11.3 Å². The summed E-state index contributed by atoms with van der Waals surface area (Å²) in [4.78, 5) is 5.50. The van der Waals surface area contributed by atoms with Crippen molar-refractivity contribution in [2.24, 2.45) is 5.73 Å². The predicted molar refractivity (Wildman–Crippen MR) is 70.5 cm³/mol. The third-order valence-corrected chi connectivity index (χ3v) is 3.45. The molecule has 4 heteroatoms. The predicted octanol–water partition coefficient (Wildman–Crippen LogP) is 2.90. The summed E-state index contributed by atoms with van der Waals surface area (Å²) in [6.07, 6.45) is 1.85. The molecule has 0 aliphatic rings. The highest BCUT2D eigenvalue weighted by Crippen LogP contribution is 2.30. The molecule has 17 heavy (non-hydrogen) atoms. The zero-order valence-electron chi connectivity index (χ0n) is 10.0. The van der Waals surface area contributed by atoms with Crippen LogP contribution in [-0.4, -0.2) is 11.6 Å². The summed E-state index contributed by atoms with van der Waals surface area (Å²) >= 11 is 1.63. The van der Waals surface area contributed by atoms with Crippen molar-refractivity contribution in [3.63, 3.8) is 0 Å². The number of aryl methyl sites for hydroxylation is 1. The second-order valence-corrected chi connectivity index (χ2v) is 5.02. The van der Waals surface area contributed by atoms with Crippen molar-refractivity contribution >= 4 is 11.3 Å². The maximum Gasteiger partial charge on any atom is 0.124 e. The molecule has 0 spiro atoms. The standard InChI is InChI=1S/C13H16N2OS/c1-3-16-11-7-5-4-6-10(11)12(14)13-15-8-9(2)17-13/h4-8,12H,3,14H2,1-2H3. The average Bonchev–Trinajstić information content (AvgIpc) is 2.76. The molecular weight excluding hydrogens is 232 g/mol. The summed E-state index contributed by atoms with van der Waals surface area (Å²) in [6.45, 7) is 4.64. The molecule has 0 radical (unpaired) electrons. The molecule has 0 fully saturated rings. The zero-order valence-corrected chi connectivity index (χ0v) is 10.8. The summed E-state index contributed by atoms with van der Waals surface area (Å²) < 4.78 is 5.58. The molecule has 3 nitrogen and oxygen atoms in total. The van der Waals surface area contributed by atoms with Crippen molar-refractivity contribution in [3.05, 3.63) is 45.9 Å². The van der Waals surface area contributed by atoms with Crippen LogP contribution >= 0.6 is 11.3 Å². The molecule has 1 atom stereocenters. The minimum Gasteiger partial charge on any atom is -0.494 e. The Kier molecular flexibility index (Phi) is 3.76. The molecular formula is C13H16N2OS. The molecule has 2 aromatic rings. The van der Waals surface area contributed by atoms with E-state index >= 15 is 0 Å². The van der Waals surface area contributed by atoms with Crippen LogP contribution in [0.2, 0.25) is 0 Å². The van der Waals surface area contributed by atoms with Gasteiger partial charge in [0.15, 0.2) is 0 Å². The van der Waals surface area contributed by atoms with Crippen LogP contribution in [0.25, 0.3) is 0 Å². The Morgan fingerprint density at radius 2 is 2.18 bits per heavy atom. The van der Waals surface area contributed by atoms with E-state index in [0.29, 0.717) is 6.61 Å². The molecule has 0 bridgehead atoms. The van der Waals surface area contributed by atoms with E-state index in [-0.39, 0.29) is 6.04 Å². The molecule has 2 rings (SSSR count). The van der Waals surface area contributed by atoms with Crippen LogP contribution in [0, 0.1) is 6.92 Å². The number of thiazole rings is 1. The van der Waals surface area contributed by atoms with E-state index in [1.165, 1.54) is 4.88 Å². The molecule has 1 unspecified atom stereocenters. The molecule has 0 aliphatic heterocycles. The van der Waals surface area contributed by atoms with Crippen molar-refractivity contribution in [3.8, 4) is 5.75 Å². The van der Waals surface area contributed by atoms with Gasteiger partial charge in [0.05, 0.1) is 12.6 Å². The van der Waals surface area contributed by atoms with Crippen molar-refractivity contribution in [1.82, 2.24) is 4.98 Å². The molecule has 0 saturated heterocycles. The van der Waals surface area contributed by atoms with Crippen LogP contribution in [0.3, 0.4) is 0 Å². The van der Waals surface area contributed by atoms with Crippen molar-refractivity contribution in [1.29, 1.82) is 0 Å². The first-order chi connectivity index (χ1) is 8.22. The van der Waals surface area contributed by atoms with Gasteiger partial charge in [-0.3, -0.25) is 0 Å². The number of hydrogen-bond acceptors (Lipinski definition) is 4. The van der Waals surface area contributed by atoms with Crippen LogP contribution < -0.4 is 10.5 Å². The first-order valence-corrected chi connectivity index (χ1v) is 6.43. The maximum absolute atomic E-state index is 6.23. The lowest BCUT2D eigenvalue weighted by molar-refractivity contribution is 0.335. The van der Waals surface area contributed by atoms with Gasteiger partial charge in [-0.2, -0.15) is 0 Å². The lowest BCUT2D eigenvalue weighted by Crippen LogP contribution is -2.13. The molecule has 0 saturated carbocycles. The smallest absolute Gasteiger partial charge is 0.124 e. The van der Waals surface area contributed by atoms with Crippen LogP contribution in [-0.2, 0) is 0 Å². The van der Waals surface area contributed by atoms with E-state index in [2.05, 4.69) is 4.98 Å². The number of hydrogen-bond donors (Lipinski definition) is 1. The molecule has 0 amide bonds. The first-order valence-electron chi connectivity index (χ1n) is 5.62. The summed E-state index contributed by atoms with van der Waals surface area (Å²) in [6, 6.07) is 7.65. The number of rotatable bonds is 4. The average molecular weight is 248 g/mol. The first kappa shape index (κ1) is 12.1. The lowest BCUT2D eigenvalue weighted by Gasteiger charge is -2.14. The normalized spacial score (nSPS) is 12.4. The summed E-state index contributed by atoms with van der Waals surface area (Å²) in [5, 5.41) is 0.926. The van der Waals surface area contributed by atoms with Crippen molar-refractivity contribution in [2.45, 2.75) is 19.9 Å². The Hall–Kier alpha value is -1.39. The topological polar surface area (TPSA) is 48.1 Å². The van der Waals surface area contributed by atoms with Gasteiger partial charge >= 0.3 is 0 Å². The number of nitrogens with two attached hydrogens (primary N) is 1. The minimum atomic E-state index is -0.212. The Morgan fingerprint density at radius 3 is 2.82 bits per heavy atom. The number of para-hydroxylation sites is 1. The number of aromatic nitrogens is 1. The lowest BCUT2D eigenvalue weighted by atomic mass is 10.1. The van der Waals surface area contributed by atoms with E-state index in [1.807, 2.05) is 44.3 Å². The van der Waals surface area contributed by atoms with Gasteiger partial charge in [0.25, 0.3) is 0 Å². The SMILES string of the molecule is CCOc1ccccc1C(N)c1ncc(C)s1. The number of benzene rings is 1. The monoisotopic (exact) mass is 248 g/mol. The van der Waals surface area contributed by atoms with Gasteiger partial charge < -0.3 is 10.5 Å². The molecule has 0 aliphatic carbocycles. The maximum atomic E-state index is 6.23. The summed E-state index contributed by atoms with van der Waals surface area (Å²) in [5.41, 5.74) is 7.22. The van der Waals surface area contributed by atoms with Crippen LogP contribution in [0.1, 0.15) is 28.4 Å². The van der Waals surface area contributed by atoms with E-state index in [9.17, 15) is 0 Å². The second-order valence-electron chi connectivity index (χ2n) is 3.76. The molecule has 1 heterocycles. The van der Waals surface area contributed by atoms with Crippen LogP contribution in [0.5, 0.6) is 5.75 Å². The van der Waals surface area contributed by atoms with E-state index in [4.69, 9.17) is 10.5 Å². The van der Waals surface area contributed by atoms with Gasteiger partial charge in [0.2, 0.25) is 0 Å². The summed E-state index contributed by atoms with van der Waals surface area (Å²) in [7, 11) is 0. The third kappa shape index (κ3) is 2.65. The second kappa shape index (κ2) is 5.29. The Bertz CT molecular complexity index is 496. The third-order valence-electron chi connectivity index (χ3n) is 2.46. The number of nitrogens with zero attached hydrogens (tertiary/aromatic N) is 1. The largest absolute Gasteiger partial charge is 0.494 e. The van der Waals surface area contributed by atoms with Gasteiger partial charge in [-0.1, -0.05) is 18.2 Å². The van der Waals surface area contributed by atoms with Gasteiger partial charge in [0, 0.05) is 16.6 Å². The molecule has 1 aromatic heterocycles. The highest BCUT2D eigenvalue weighted by atomic mass is 32.1. The van der Waals surface area contributed by atoms with E-state index < -0.39 is 0 Å². The fraction of sp³-hybridized carbons (Fsp3) is 0.308. The molecule has 90 valence electrons. The molecule has 1 aromatic carbocycles. The highest BCUT2D eigenvalue weighted by molar-refractivity contribution is 7.11. The Morgan fingerprint density at radius 1 is 1.41 bits per heavy atom. The Labute approximate surface area is 105 Å². The minimum absolute atomic E-state index is 0.212. The molecule has 2 N–H and O–H groups in total. The fourth-order valence-electron chi connectivity index (χ4n) is 1.67. The van der Waals surface area contributed by atoms with Gasteiger partial charge in [-0.05, 0) is 19.9 Å². The fourth-order valence-corrected chi connectivity index (χ4v) is 2.47. The van der Waals surface area contributed by atoms with Crippen LogP contribution in [0.4, 0.5) is 0 Å². The quantitative estimate of drug-likeness (QED) is 0.905. The van der Waals surface area contributed by atoms with Crippen molar-refractivity contribution in [2.75, 3.05) is 6.61 Å². The highest BCUT2D eigenvalue weighted by Gasteiger charge is 2.16. The number of ether oxygens (including phenoxy) is 1. The van der Waals surface area contributed by atoms with Crippen LogP contribution in [0.15, 0.2) is 30.5 Å². The van der Waals surface area contributed by atoms with E-state index in [0.717, 1.165) is 16.3 Å². The van der Waals surface area contributed by atoms with Crippen molar-refractivity contribution < 1.29 is 4.74 Å².